The van der Waals surface area contributed by atoms with Crippen LogP contribution in [0.15, 0.2) is 0 Å². The lowest BCUT2D eigenvalue weighted by Crippen LogP contribution is -2.64. The van der Waals surface area contributed by atoms with Gasteiger partial charge >= 0.3 is 0 Å². The van der Waals surface area contributed by atoms with Gasteiger partial charge < -0.3 is 5.32 Å². The second-order valence-corrected chi connectivity index (χ2v) is 7.21. The maximum Gasteiger partial charge on any atom is 0.0309 e. The van der Waals surface area contributed by atoms with Gasteiger partial charge in [-0.2, -0.15) is 0 Å². The highest BCUT2D eigenvalue weighted by atomic mass is 15.3. The van der Waals surface area contributed by atoms with E-state index in [2.05, 4.69) is 37.9 Å². The molecular formula is C16H32N2. The van der Waals surface area contributed by atoms with Crippen LogP contribution < -0.4 is 5.32 Å². The van der Waals surface area contributed by atoms with Gasteiger partial charge in [-0.15, -0.1) is 0 Å². The average Bonchev–Trinajstić information content (AvgIpc) is 2.78. The van der Waals surface area contributed by atoms with Crippen LogP contribution in [0.2, 0.25) is 0 Å². The Morgan fingerprint density at radius 1 is 1.17 bits per heavy atom. The molecule has 0 aromatic rings. The van der Waals surface area contributed by atoms with E-state index in [1.165, 1.54) is 51.6 Å². The van der Waals surface area contributed by atoms with E-state index >= 15 is 0 Å². The fraction of sp³-hybridized carbons (Fsp3) is 1.00. The number of nitrogens with one attached hydrogen (secondary N) is 1. The Balaban J connectivity index is 1.92. The molecule has 1 saturated heterocycles. The van der Waals surface area contributed by atoms with Crippen LogP contribution in [0, 0.1) is 5.92 Å². The number of hydrogen-bond donors (Lipinski definition) is 1. The number of piperazine rings is 1. The van der Waals surface area contributed by atoms with E-state index in [4.69, 9.17) is 0 Å². The molecule has 2 fully saturated rings. The third kappa shape index (κ3) is 3.27. The Labute approximate surface area is 114 Å². The summed E-state index contributed by atoms with van der Waals surface area (Å²) in [5, 5.41) is 3.85. The smallest absolute Gasteiger partial charge is 0.0309 e. The summed E-state index contributed by atoms with van der Waals surface area (Å²) < 4.78 is 0. The summed E-state index contributed by atoms with van der Waals surface area (Å²) in [6.45, 7) is 12.0. The fourth-order valence-corrected chi connectivity index (χ4v) is 3.76. The third-order valence-electron chi connectivity index (χ3n) is 5.11. The van der Waals surface area contributed by atoms with Gasteiger partial charge in [0.15, 0.2) is 0 Å². The molecule has 106 valence electrons. The molecule has 1 heterocycles. The first kappa shape index (κ1) is 14.3. The van der Waals surface area contributed by atoms with Gasteiger partial charge in [-0.3, -0.25) is 4.90 Å². The van der Waals surface area contributed by atoms with Crippen LogP contribution in [0.1, 0.15) is 66.2 Å². The minimum absolute atomic E-state index is 0.471. The lowest BCUT2D eigenvalue weighted by Gasteiger charge is -2.48. The first-order chi connectivity index (χ1) is 8.52. The molecule has 1 aliphatic heterocycles. The van der Waals surface area contributed by atoms with Gasteiger partial charge in [0.2, 0.25) is 0 Å². The first-order valence-corrected chi connectivity index (χ1v) is 8.03. The number of rotatable bonds is 4. The largest absolute Gasteiger partial charge is 0.308 e. The molecule has 0 amide bonds. The summed E-state index contributed by atoms with van der Waals surface area (Å²) in [5.74, 6) is 0.839. The molecule has 2 unspecified atom stereocenters. The highest BCUT2D eigenvalue weighted by Gasteiger charge is 2.40. The van der Waals surface area contributed by atoms with Crippen LogP contribution in [0.5, 0.6) is 0 Å². The molecular weight excluding hydrogens is 220 g/mol. The number of hydrogen-bond acceptors (Lipinski definition) is 2. The summed E-state index contributed by atoms with van der Waals surface area (Å²) in [5.41, 5.74) is 0.471. The summed E-state index contributed by atoms with van der Waals surface area (Å²) in [6.07, 6.45) is 8.37. The molecule has 1 spiro atoms. The van der Waals surface area contributed by atoms with Gasteiger partial charge in [-0.1, -0.05) is 26.7 Å². The van der Waals surface area contributed by atoms with Crippen LogP contribution in [-0.4, -0.2) is 35.6 Å². The Bertz CT molecular complexity index is 256. The number of nitrogens with zero attached hydrogens (tertiary/aromatic N) is 1. The molecule has 2 aliphatic rings. The van der Waals surface area contributed by atoms with E-state index in [1.807, 2.05) is 0 Å². The van der Waals surface area contributed by atoms with E-state index in [1.54, 1.807) is 0 Å². The molecule has 0 radical (unpaired) electrons. The van der Waals surface area contributed by atoms with Crippen molar-refractivity contribution in [3.05, 3.63) is 0 Å². The van der Waals surface area contributed by atoms with Crippen LogP contribution in [-0.2, 0) is 0 Å². The molecule has 2 atom stereocenters. The van der Waals surface area contributed by atoms with Crippen LogP contribution in [0.3, 0.4) is 0 Å². The van der Waals surface area contributed by atoms with E-state index in [9.17, 15) is 0 Å². The van der Waals surface area contributed by atoms with Crippen molar-refractivity contribution >= 4 is 0 Å². The van der Waals surface area contributed by atoms with Crippen molar-refractivity contribution in [2.75, 3.05) is 13.1 Å². The second kappa shape index (κ2) is 5.92. The van der Waals surface area contributed by atoms with Crippen molar-refractivity contribution in [3.8, 4) is 0 Å². The molecule has 0 aromatic heterocycles. The SMILES string of the molecule is CC(C)CCC(C)N1CC2(CCCC2)NCC1C. The Hall–Kier alpha value is -0.0800. The lowest BCUT2D eigenvalue weighted by molar-refractivity contribution is 0.0517. The summed E-state index contributed by atoms with van der Waals surface area (Å²) in [4.78, 5) is 2.78. The normalized spacial score (nSPS) is 30.2. The van der Waals surface area contributed by atoms with Gasteiger partial charge in [0.1, 0.15) is 0 Å². The molecule has 0 bridgehead atoms. The van der Waals surface area contributed by atoms with E-state index in [-0.39, 0.29) is 0 Å². The van der Waals surface area contributed by atoms with E-state index in [0.717, 1.165) is 12.0 Å². The zero-order valence-corrected chi connectivity index (χ0v) is 12.8. The maximum absolute atomic E-state index is 3.85. The van der Waals surface area contributed by atoms with Gasteiger partial charge in [0.25, 0.3) is 0 Å². The third-order valence-corrected chi connectivity index (χ3v) is 5.11. The molecule has 1 aliphatic carbocycles. The van der Waals surface area contributed by atoms with E-state index in [0.29, 0.717) is 11.6 Å². The van der Waals surface area contributed by atoms with Crippen molar-refractivity contribution in [3.63, 3.8) is 0 Å². The minimum atomic E-state index is 0.471. The lowest BCUT2D eigenvalue weighted by atomic mass is 9.90. The highest BCUT2D eigenvalue weighted by Crippen LogP contribution is 2.34. The second-order valence-electron chi connectivity index (χ2n) is 7.21. The average molecular weight is 252 g/mol. The van der Waals surface area contributed by atoms with Crippen LogP contribution >= 0.6 is 0 Å². The van der Waals surface area contributed by atoms with Gasteiger partial charge in [-0.25, -0.2) is 0 Å². The van der Waals surface area contributed by atoms with Gasteiger partial charge in [0, 0.05) is 30.7 Å². The Morgan fingerprint density at radius 3 is 2.44 bits per heavy atom. The molecule has 2 heteroatoms. The highest BCUT2D eigenvalue weighted by molar-refractivity contribution is 5.01. The van der Waals surface area contributed by atoms with Gasteiger partial charge in [0.05, 0.1) is 0 Å². The Kier molecular flexibility index (Phi) is 4.71. The monoisotopic (exact) mass is 252 g/mol. The fourth-order valence-electron chi connectivity index (χ4n) is 3.76. The van der Waals surface area contributed by atoms with Crippen molar-refractivity contribution in [1.29, 1.82) is 0 Å². The molecule has 1 N–H and O–H groups in total. The Morgan fingerprint density at radius 2 is 1.83 bits per heavy atom. The van der Waals surface area contributed by atoms with Crippen LogP contribution in [0.25, 0.3) is 0 Å². The van der Waals surface area contributed by atoms with Crippen molar-refractivity contribution in [2.45, 2.75) is 83.8 Å². The summed E-state index contributed by atoms with van der Waals surface area (Å²) in [6, 6.07) is 1.46. The molecule has 2 rings (SSSR count). The molecule has 18 heavy (non-hydrogen) atoms. The zero-order valence-electron chi connectivity index (χ0n) is 12.8. The van der Waals surface area contributed by atoms with Crippen molar-refractivity contribution in [2.24, 2.45) is 5.92 Å². The zero-order chi connectivity index (χ0) is 13.2. The van der Waals surface area contributed by atoms with Crippen molar-refractivity contribution < 1.29 is 0 Å². The van der Waals surface area contributed by atoms with Gasteiger partial charge in [-0.05, 0) is 45.4 Å². The predicted molar refractivity (Wildman–Crippen MR) is 78.9 cm³/mol. The topological polar surface area (TPSA) is 15.3 Å². The van der Waals surface area contributed by atoms with E-state index < -0.39 is 0 Å². The van der Waals surface area contributed by atoms with Crippen molar-refractivity contribution in [1.82, 2.24) is 10.2 Å². The summed E-state index contributed by atoms with van der Waals surface area (Å²) >= 11 is 0. The minimum Gasteiger partial charge on any atom is -0.308 e. The first-order valence-electron chi connectivity index (χ1n) is 8.03. The predicted octanol–water partition coefficient (Wildman–Crippen LogP) is 3.42. The molecule has 0 aromatic carbocycles. The quantitative estimate of drug-likeness (QED) is 0.825. The molecule has 2 nitrogen and oxygen atoms in total. The standard InChI is InChI=1S/C16H32N2/c1-13(2)7-8-14(3)18-12-16(9-5-6-10-16)17-11-15(18)4/h13-15,17H,5-12H2,1-4H3. The summed E-state index contributed by atoms with van der Waals surface area (Å²) in [7, 11) is 0. The maximum atomic E-state index is 3.85. The molecule has 1 saturated carbocycles. The van der Waals surface area contributed by atoms with Crippen LogP contribution in [0.4, 0.5) is 0 Å².